The summed E-state index contributed by atoms with van der Waals surface area (Å²) < 4.78 is 4.90. The van der Waals surface area contributed by atoms with Gasteiger partial charge in [-0.15, -0.1) is 13.2 Å². The number of rotatable bonds is 5. The molecule has 0 saturated heterocycles. The Kier molecular flexibility index (Phi) is 12.6. The minimum Gasteiger partial charge on any atom is -1.00 e. The Labute approximate surface area is 155 Å². The Morgan fingerprint density at radius 3 is 1.40 bits per heavy atom. The van der Waals surface area contributed by atoms with Crippen LogP contribution in [0, 0.1) is 0 Å². The van der Waals surface area contributed by atoms with Gasteiger partial charge in [-0.3, -0.25) is 0 Å². The Morgan fingerprint density at radius 1 is 0.750 bits per heavy atom. The fourth-order valence-electron chi connectivity index (χ4n) is 1.50. The molecule has 2 rings (SSSR count). The van der Waals surface area contributed by atoms with Crippen molar-refractivity contribution in [2.24, 2.45) is 0 Å². The second-order valence-electron chi connectivity index (χ2n) is 3.85. The zero-order chi connectivity index (χ0) is 13.8. The molecule has 20 heavy (non-hydrogen) atoms. The summed E-state index contributed by atoms with van der Waals surface area (Å²) in [4.78, 5) is 0. The number of benzene rings is 2. The summed E-state index contributed by atoms with van der Waals surface area (Å²) in [6, 6.07) is 20.8. The first-order chi connectivity index (χ1) is 9.38. The molecule has 0 heterocycles. The average molecular weight is 294 g/mol. The predicted octanol–water partition coefficient (Wildman–Crippen LogP) is 4.57. The van der Waals surface area contributed by atoms with E-state index in [1.54, 1.807) is 12.2 Å². The molecule has 0 spiro atoms. The first-order valence-corrected chi connectivity index (χ1v) is 6.28. The number of ether oxygens (including phenoxy) is 1. The van der Waals surface area contributed by atoms with Gasteiger partial charge in [0.1, 0.15) is 0 Å². The fraction of sp³-hybridized carbons (Fsp3) is 0.111. The van der Waals surface area contributed by atoms with Crippen molar-refractivity contribution in [2.45, 2.75) is 0 Å². The van der Waals surface area contributed by atoms with Crippen LogP contribution in [0.15, 0.2) is 86.0 Å². The van der Waals surface area contributed by atoms with Crippen molar-refractivity contribution < 1.29 is 7.59 Å². The zero-order valence-corrected chi connectivity index (χ0v) is 14.1. The van der Waals surface area contributed by atoms with Gasteiger partial charge in [0.25, 0.3) is 0 Å². The van der Waals surface area contributed by atoms with Crippen molar-refractivity contribution in [3.05, 3.63) is 86.0 Å². The van der Waals surface area contributed by atoms with Gasteiger partial charge in [-0.2, -0.15) is 0 Å². The van der Waals surface area contributed by atoms with Crippen LogP contribution < -0.4 is 0 Å². The van der Waals surface area contributed by atoms with Crippen molar-refractivity contribution >= 4 is 37.7 Å². The molecule has 102 valence electrons. The molecule has 0 radical (unpaired) electrons. The molecule has 2 aromatic carbocycles. The van der Waals surface area contributed by atoms with Crippen LogP contribution in [0.1, 0.15) is 2.85 Å². The third kappa shape index (κ3) is 8.34. The quantitative estimate of drug-likeness (QED) is 0.446. The molecule has 0 unspecified atom stereocenters. The van der Waals surface area contributed by atoms with Crippen LogP contribution in [-0.2, 0) is 4.74 Å². The third-order valence-corrected chi connectivity index (χ3v) is 2.35. The number of hydrogen-bond donors (Lipinski definition) is 0. The molecule has 0 saturated carbocycles. The molecule has 0 fully saturated rings. The summed E-state index contributed by atoms with van der Waals surface area (Å²) in [5, 5.41) is 0. The largest absolute Gasteiger partial charge is 2.00 e. The van der Waals surface area contributed by atoms with E-state index >= 15 is 0 Å². The van der Waals surface area contributed by atoms with Gasteiger partial charge in [-0.25, -0.2) is 0 Å². The SMILES string of the molecule is C=CCOCC=C.[Ca+2].[H-].[H-].c1ccc(-c2ccccc2)cc1. The van der Waals surface area contributed by atoms with Gasteiger partial charge in [-0.05, 0) is 11.1 Å². The van der Waals surface area contributed by atoms with Crippen molar-refractivity contribution in [2.75, 3.05) is 13.2 Å². The molecule has 0 bridgehead atoms. The van der Waals surface area contributed by atoms with E-state index in [0.29, 0.717) is 13.2 Å². The Bertz CT molecular complexity index is 429. The van der Waals surface area contributed by atoms with E-state index in [1.165, 1.54) is 11.1 Å². The molecular weight excluding hydrogens is 272 g/mol. The van der Waals surface area contributed by atoms with Crippen LogP contribution in [-0.4, -0.2) is 51.0 Å². The van der Waals surface area contributed by atoms with Crippen LogP contribution in [0.25, 0.3) is 11.1 Å². The molecule has 0 aliphatic carbocycles. The zero-order valence-electron chi connectivity index (χ0n) is 13.9. The molecular formula is C18H22CaO. The van der Waals surface area contributed by atoms with Crippen LogP contribution in [0.5, 0.6) is 0 Å². The maximum Gasteiger partial charge on any atom is 2.00 e. The minimum atomic E-state index is 0. The van der Waals surface area contributed by atoms with Crippen molar-refractivity contribution in [1.82, 2.24) is 0 Å². The van der Waals surface area contributed by atoms with Crippen molar-refractivity contribution in [3.8, 4) is 11.1 Å². The van der Waals surface area contributed by atoms with Gasteiger partial charge in [0.05, 0.1) is 13.2 Å². The Hall–Kier alpha value is -0.860. The van der Waals surface area contributed by atoms with Gasteiger partial charge in [0, 0.05) is 0 Å². The standard InChI is InChI=1S/C12H10.C6H10O.Ca.2H/c1-3-7-11(8-4-1)12-9-5-2-6-10-12;1-3-5-7-6-4-2;;;/h1-10H;3-4H,1-2,5-6H2;;;/q;;+2;2*-1. The van der Waals surface area contributed by atoms with E-state index in [-0.39, 0.29) is 40.6 Å². The van der Waals surface area contributed by atoms with Crippen molar-refractivity contribution in [3.63, 3.8) is 0 Å². The fourth-order valence-corrected chi connectivity index (χ4v) is 1.50. The first kappa shape index (κ1) is 19.1. The van der Waals surface area contributed by atoms with E-state index in [4.69, 9.17) is 4.74 Å². The summed E-state index contributed by atoms with van der Waals surface area (Å²) in [5.74, 6) is 0. The Balaban J connectivity index is -0.000000323. The summed E-state index contributed by atoms with van der Waals surface area (Å²) in [6.07, 6.45) is 3.42. The predicted molar refractivity (Wildman–Crippen MR) is 91.1 cm³/mol. The molecule has 0 N–H and O–H groups in total. The second kappa shape index (κ2) is 13.1. The summed E-state index contributed by atoms with van der Waals surface area (Å²) in [7, 11) is 0. The maximum atomic E-state index is 4.90. The third-order valence-electron chi connectivity index (χ3n) is 2.35. The Morgan fingerprint density at radius 2 is 1.10 bits per heavy atom. The second-order valence-corrected chi connectivity index (χ2v) is 3.85. The van der Waals surface area contributed by atoms with Crippen LogP contribution >= 0.6 is 0 Å². The van der Waals surface area contributed by atoms with E-state index in [2.05, 4.69) is 61.7 Å². The van der Waals surface area contributed by atoms with Crippen LogP contribution in [0.3, 0.4) is 0 Å². The normalized spacial score (nSPS) is 8.60. The van der Waals surface area contributed by atoms with Gasteiger partial charge >= 0.3 is 37.7 Å². The smallest absolute Gasteiger partial charge is 1.00 e. The molecule has 0 aromatic heterocycles. The van der Waals surface area contributed by atoms with E-state index in [9.17, 15) is 0 Å². The van der Waals surface area contributed by atoms with E-state index < -0.39 is 0 Å². The van der Waals surface area contributed by atoms with E-state index in [0.717, 1.165) is 0 Å². The van der Waals surface area contributed by atoms with Gasteiger partial charge in [0.2, 0.25) is 0 Å². The average Bonchev–Trinajstić information content (AvgIpc) is 2.50. The van der Waals surface area contributed by atoms with Crippen molar-refractivity contribution in [1.29, 1.82) is 0 Å². The molecule has 0 aliphatic heterocycles. The number of hydrogen-bond acceptors (Lipinski definition) is 1. The maximum absolute atomic E-state index is 4.90. The molecule has 2 heteroatoms. The molecule has 0 atom stereocenters. The van der Waals surface area contributed by atoms with Gasteiger partial charge < -0.3 is 7.59 Å². The monoisotopic (exact) mass is 294 g/mol. The molecule has 2 aromatic rings. The first-order valence-electron chi connectivity index (χ1n) is 6.28. The van der Waals surface area contributed by atoms with Gasteiger partial charge in [-0.1, -0.05) is 72.8 Å². The van der Waals surface area contributed by atoms with Crippen LogP contribution in [0.2, 0.25) is 0 Å². The summed E-state index contributed by atoms with van der Waals surface area (Å²) in [5.41, 5.74) is 2.55. The minimum absolute atomic E-state index is 0. The molecule has 0 aliphatic rings. The molecule has 1 nitrogen and oxygen atoms in total. The topological polar surface area (TPSA) is 9.23 Å². The van der Waals surface area contributed by atoms with E-state index in [1.807, 2.05) is 12.1 Å². The molecule has 0 amide bonds. The van der Waals surface area contributed by atoms with Gasteiger partial charge in [0.15, 0.2) is 0 Å². The summed E-state index contributed by atoms with van der Waals surface area (Å²) in [6.45, 7) is 8.18. The van der Waals surface area contributed by atoms with Crippen LogP contribution in [0.4, 0.5) is 0 Å². The summed E-state index contributed by atoms with van der Waals surface area (Å²) >= 11 is 0.